The number of aryl methyl sites for hydroxylation is 3. The minimum Gasteiger partial charge on any atom is -0.308 e. The van der Waals surface area contributed by atoms with Crippen LogP contribution in [0.2, 0.25) is 5.02 Å². The third-order valence-electron chi connectivity index (χ3n) is 3.72. The van der Waals surface area contributed by atoms with Crippen LogP contribution in [-0.4, -0.2) is 0 Å². The lowest BCUT2D eigenvalue weighted by Crippen LogP contribution is -2.12. The van der Waals surface area contributed by atoms with Gasteiger partial charge in [-0.25, -0.2) is 0 Å². The SMILES string of the molecule is Cc1cc(Cl)ccc1CNCc1cc2c(s1)CCC2. The van der Waals surface area contributed by atoms with Gasteiger partial charge in [-0.1, -0.05) is 17.7 Å². The van der Waals surface area contributed by atoms with Crippen molar-refractivity contribution in [2.75, 3.05) is 0 Å². The summed E-state index contributed by atoms with van der Waals surface area (Å²) in [4.78, 5) is 3.08. The topological polar surface area (TPSA) is 12.0 Å². The van der Waals surface area contributed by atoms with Gasteiger partial charge in [-0.3, -0.25) is 0 Å². The average molecular weight is 292 g/mol. The lowest BCUT2D eigenvalue weighted by Gasteiger charge is -2.07. The molecule has 0 saturated heterocycles. The summed E-state index contributed by atoms with van der Waals surface area (Å²) in [7, 11) is 0. The van der Waals surface area contributed by atoms with Crippen molar-refractivity contribution in [1.82, 2.24) is 5.32 Å². The smallest absolute Gasteiger partial charge is 0.0408 e. The Labute approximate surface area is 123 Å². The van der Waals surface area contributed by atoms with E-state index in [0.717, 1.165) is 18.1 Å². The van der Waals surface area contributed by atoms with Crippen LogP contribution in [0, 0.1) is 6.92 Å². The molecule has 3 heteroatoms. The average Bonchev–Trinajstić information content (AvgIpc) is 2.92. The van der Waals surface area contributed by atoms with E-state index in [2.05, 4.69) is 24.4 Å². The highest BCUT2D eigenvalue weighted by atomic mass is 35.5. The molecule has 19 heavy (non-hydrogen) atoms. The summed E-state index contributed by atoms with van der Waals surface area (Å²) in [6.45, 7) is 3.99. The van der Waals surface area contributed by atoms with E-state index < -0.39 is 0 Å². The highest BCUT2D eigenvalue weighted by Crippen LogP contribution is 2.30. The molecule has 1 aromatic heterocycles. The normalized spacial score (nSPS) is 13.8. The van der Waals surface area contributed by atoms with Crippen LogP contribution in [0.15, 0.2) is 24.3 Å². The molecule has 0 spiro atoms. The fourth-order valence-corrected chi connectivity index (χ4v) is 4.11. The third kappa shape index (κ3) is 3.02. The van der Waals surface area contributed by atoms with Gasteiger partial charge in [0.2, 0.25) is 0 Å². The Bertz CT molecular complexity index is 567. The first-order valence-corrected chi connectivity index (χ1v) is 7.98. The second-order valence-corrected chi connectivity index (χ2v) is 6.85. The van der Waals surface area contributed by atoms with Crippen molar-refractivity contribution in [3.63, 3.8) is 0 Å². The van der Waals surface area contributed by atoms with E-state index in [1.165, 1.54) is 35.3 Å². The van der Waals surface area contributed by atoms with Crippen LogP contribution in [0.3, 0.4) is 0 Å². The molecule has 1 aliphatic carbocycles. The first-order valence-electron chi connectivity index (χ1n) is 6.78. The lowest BCUT2D eigenvalue weighted by atomic mass is 10.1. The largest absolute Gasteiger partial charge is 0.308 e. The van der Waals surface area contributed by atoms with Gasteiger partial charge in [0.25, 0.3) is 0 Å². The Balaban J connectivity index is 1.57. The summed E-state index contributed by atoms with van der Waals surface area (Å²) < 4.78 is 0. The lowest BCUT2D eigenvalue weighted by molar-refractivity contribution is 0.697. The van der Waals surface area contributed by atoms with Crippen LogP contribution >= 0.6 is 22.9 Å². The molecule has 1 nitrogen and oxygen atoms in total. The summed E-state index contributed by atoms with van der Waals surface area (Å²) >= 11 is 7.95. The number of hydrogen-bond donors (Lipinski definition) is 1. The number of benzene rings is 1. The van der Waals surface area contributed by atoms with Gasteiger partial charge in [-0.2, -0.15) is 0 Å². The maximum Gasteiger partial charge on any atom is 0.0408 e. The second-order valence-electron chi connectivity index (χ2n) is 5.19. The Morgan fingerprint density at radius 3 is 2.89 bits per heavy atom. The van der Waals surface area contributed by atoms with Gasteiger partial charge in [0.1, 0.15) is 0 Å². The molecule has 1 aromatic carbocycles. The molecule has 0 unspecified atom stereocenters. The zero-order chi connectivity index (χ0) is 13.2. The van der Waals surface area contributed by atoms with Crippen LogP contribution in [-0.2, 0) is 25.9 Å². The maximum atomic E-state index is 5.97. The standard InChI is InChI=1S/C16H18ClNS/c1-11-7-14(17)6-5-13(11)9-18-10-15-8-12-3-2-4-16(12)19-15/h5-8,18H,2-4,9-10H2,1H3. The first kappa shape index (κ1) is 13.2. The van der Waals surface area contributed by atoms with E-state index in [-0.39, 0.29) is 0 Å². The number of thiophene rings is 1. The molecule has 100 valence electrons. The predicted molar refractivity (Wildman–Crippen MR) is 83.1 cm³/mol. The van der Waals surface area contributed by atoms with Crippen molar-refractivity contribution in [3.8, 4) is 0 Å². The van der Waals surface area contributed by atoms with E-state index in [1.54, 1.807) is 10.4 Å². The molecule has 0 amide bonds. The van der Waals surface area contributed by atoms with Crippen molar-refractivity contribution in [2.45, 2.75) is 39.3 Å². The number of rotatable bonds is 4. The van der Waals surface area contributed by atoms with Gasteiger partial charge in [0, 0.05) is 27.9 Å². The highest BCUT2D eigenvalue weighted by molar-refractivity contribution is 7.12. The zero-order valence-corrected chi connectivity index (χ0v) is 12.7. The summed E-state index contributed by atoms with van der Waals surface area (Å²) in [5.41, 5.74) is 4.17. The summed E-state index contributed by atoms with van der Waals surface area (Å²) in [5.74, 6) is 0. The minimum atomic E-state index is 0.816. The molecule has 0 aliphatic heterocycles. The molecule has 0 saturated carbocycles. The van der Waals surface area contributed by atoms with Crippen LogP contribution < -0.4 is 5.32 Å². The summed E-state index contributed by atoms with van der Waals surface area (Å²) in [5, 5.41) is 4.35. The first-order chi connectivity index (χ1) is 9.22. The monoisotopic (exact) mass is 291 g/mol. The van der Waals surface area contributed by atoms with Gasteiger partial charge in [0.15, 0.2) is 0 Å². The van der Waals surface area contributed by atoms with Crippen molar-refractivity contribution in [3.05, 3.63) is 55.7 Å². The van der Waals surface area contributed by atoms with Gasteiger partial charge >= 0.3 is 0 Å². The number of halogens is 1. The van der Waals surface area contributed by atoms with Crippen molar-refractivity contribution < 1.29 is 0 Å². The van der Waals surface area contributed by atoms with Crippen LogP contribution in [0.4, 0.5) is 0 Å². The third-order valence-corrected chi connectivity index (χ3v) is 5.19. The minimum absolute atomic E-state index is 0.816. The maximum absolute atomic E-state index is 5.97. The van der Waals surface area contributed by atoms with Crippen LogP contribution in [0.25, 0.3) is 0 Å². The highest BCUT2D eigenvalue weighted by Gasteiger charge is 2.14. The molecule has 1 heterocycles. The Morgan fingerprint density at radius 2 is 2.11 bits per heavy atom. The molecular formula is C16H18ClNS. The Hall–Kier alpha value is -0.830. The zero-order valence-electron chi connectivity index (χ0n) is 11.1. The number of fused-ring (bicyclic) bond motifs is 1. The molecule has 2 aromatic rings. The number of nitrogens with one attached hydrogen (secondary N) is 1. The molecule has 1 N–H and O–H groups in total. The van der Waals surface area contributed by atoms with E-state index in [1.807, 2.05) is 23.5 Å². The van der Waals surface area contributed by atoms with Gasteiger partial charge in [-0.05, 0) is 61.1 Å². The second kappa shape index (κ2) is 5.66. The molecule has 1 aliphatic rings. The molecule has 0 atom stereocenters. The van der Waals surface area contributed by atoms with Gasteiger partial charge in [-0.15, -0.1) is 11.3 Å². The van der Waals surface area contributed by atoms with Crippen molar-refractivity contribution >= 4 is 22.9 Å². The van der Waals surface area contributed by atoms with E-state index in [4.69, 9.17) is 11.6 Å². The van der Waals surface area contributed by atoms with Crippen molar-refractivity contribution in [2.24, 2.45) is 0 Å². The molecule has 0 fully saturated rings. The fourth-order valence-electron chi connectivity index (χ4n) is 2.66. The number of hydrogen-bond acceptors (Lipinski definition) is 2. The van der Waals surface area contributed by atoms with Gasteiger partial charge < -0.3 is 5.32 Å². The van der Waals surface area contributed by atoms with E-state index in [0.29, 0.717) is 0 Å². The Kier molecular flexibility index (Phi) is 3.92. The summed E-state index contributed by atoms with van der Waals surface area (Å²) in [6, 6.07) is 8.48. The van der Waals surface area contributed by atoms with Crippen LogP contribution in [0.1, 0.15) is 32.9 Å². The molecule has 0 bridgehead atoms. The van der Waals surface area contributed by atoms with Crippen molar-refractivity contribution in [1.29, 1.82) is 0 Å². The van der Waals surface area contributed by atoms with E-state index in [9.17, 15) is 0 Å². The molecular weight excluding hydrogens is 274 g/mol. The fraction of sp³-hybridized carbons (Fsp3) is 0.375. The Morgan fingerprint density at radius 1 is 1.21 bits per heavy atom. The van der Waals surface area contributed by atoms with E-state index >= 15 is 0 Å². The van der Waals surface area contributed by atoms with Crippen LogP contribution in [0.5, 0.6) is 0 Å². The molecule has 0 radical (unpaired) electrons. The quantitative estimate of drug-likeness (QED) is 0.875. The van der Waals surface area contributed by atoms with Gasteiger partial charge in [0.05, 0.1) is 0 Å². The molecule has 3 rings (SSSR count). The predicted octanol–water partition coefficient (Wildman–Crippen LogP) is 4.49. The summed E-state index contributed by atoms with van der Waals surface area (Å²) in [6.07, 6.45) is 3.91.